The third kappa shape index (κ3) is 4.50. The van der Waals surface area contributed by atoms with Crippen LogP contribution in [-0.2, 0) is 9.47 Å². The number of nitrogens with zero attached hydrogens (tertiary/aromatic N) is 6. The van der Waals surface area contributed by atoms with Crippen LogP contribution in [0.2, 0.25) is 0 Å². The summed E-state index contributed by atoms with van der Waals surface area (Å²) in [6.07, 6.45) is 10.2. The van der Waals surface area contributed by atoms with E-state index in [9.17, 15) is 0 Å². The molecule has 4 aromatic heterocycles. The first-order valence-corrected chi connectivity index (χ1v) is 12.1. The first kappa shape index (κ1) is 22.7. The molecule has 1 N–H and O–H groups in total. The van der Waals surface area contributed by atoms with Gasteiger partial charge in [0.2, 0.25) is 5.95 Å². The third-order valence-electron chi connectivity index (χ3n) is 6.62. The van der Waals surface area contributed by atoms with Crippen molar-refractivity contribution >= 4 is 22.6 Å². The summed E-state index contributed by atoms with van der Waals surface area (Å²) in [4.78, 5) is 13.9. The highest BCUT2D eigenvalue weighted by Crippen LogP contribution is 2.29. The molecule has 4 aromatic rings. The number of pyridine rings is 1. The molecule has 0 bridgehead atoms. The molecule has 0 unspecified atom stereocenters. The summed E-state index contributed by atoms with van der Waals surface area (Å²) in [5.41, 5.74) is 4.87. The van der Waals surface area contributed by atoms with Crippen LogP contribution >= 0.6 is 0 Å². The number of anilines is 1. The molecule has 1 aliphatic carbocycles. The Labute approximate surface area is 199 Å². The van der Waals surface area contributed by atoms with Crippen molar-refractivity contribution in [1.82, 2.24) is 29.1 Å². The van der Waals surface area contributed by atoms with Crippen molar-refractivity contribution in [3.8, 4) is 11.1 Å². The van der Waals surface area contributed by atoms with Crippen LogP contribution in [0.1, 0.15) is 51.4 Å². The summed E-state index contributed by atoms with van der Waals surface area (Å²) in [6, 6.07) is 4.91. The van der Waals surface area contributed by atoms with E-state index in [0.717, 1.165) is 59.3 Å². The van der Waals surface area contributed by atoms with Gasteiger partial charge in [-0.15, -0.1) is 5.10 Å². The summed E-state index contributed by atoms with van der Waals surface area (Å²) in [5, 5.41) is 8.23. The molecule has 1 fully saturated rings. The van der Waals surface area contributed by atoms with Gasteiger partial charge in [-0.2, -0.15) is 0 Å². The van der Waals surface area contributed by atoms with Crippen LogP contribution in [0.4, 0.5) is 5.95 Å². The zero-order valence-corrected chi connectivity index (χ0v) is 20.4. The van der Waals surface area contributed by atoms with Crippen molar-refractivity contribution in [3.05, 3.63) is 36.5 Å². The van der Waals surface area contributed by atoms with E-state index in [1.54, 1.807) is 7.11 Å². The maximum absolute atomic E-state index is 5.87. The molecular weight excluding hydrogens is 430 g/mol. The molecule has 0 radical (unpaired) electrons. The molecule has 180 valence electrons. The van der Waals surface area contributed by atoms with Gasteiger partial charge in [-0.1, -0.05) is 0 Å². The zero-order valence-electron chi connectivity index (χ0n) is 20.4. The van der Waals surface area contributed by atoms with Gasteiger partial charge in [0.05, 0.1) is 36.5 Å². The van der Waals surface area contributed by atoms with Crippen molar-refractivity contribution < 1.29 is 9.47 Å². The third-order valence-corrected chi connectivity index (χ3v) is 6.62. The monoisotopic (exact) mass is 463 g/mol. The fourth-order valence-electron chi connectivity index (χ4n) is 4.95. The zero-order chi connectivity index (χ0) is 23.7. The lowest BCUT2D eigenvalue weighted by atomic mass is 9.93. The van der Waals surface area contributed by atoms with Gasteiger partial charge in [-0.3, -0.25) is 0 Å². The van der Waals surface area contributed by atoms with Gasteiger partial charge >= 0.3 is 0 Å². The molecule has 1 aliphatic rings. The lowest BCUT2D eigenvalue weighted by Gasteiger charge is -2.29. The highest BCUT2D eigenvalue weighted by Gasteiger charge is 2.22. The molecule has 0 amide bonds. The molecule has 9 heteroatoms. The second-order valence-electron chi connectivity index (χ2n) is 9.31. The number of aryl methyl sites for hydroxylation is 1. The van der Waals surface area contributed by atoms with Crippen LogP contribution in [0, 0.1) is 6.92 Å². The van der Waals surface area contributed by atoms with Crippen LogP contribution in [0.25, 0.3) is 27.8 Å². The number of imidazole rings is 1. The quantitative estimate of drug-likeness (QED) is 0.387. The molecule has 0 aliphatic heterocycles. The lowest BCUT2D eigenvalue weighted by Crippen LogP contribution is -2.31. The maximum atomic E-state index is 5.87. The largest absolute Gasteiger partial charge is 0.382 e. The Morgan fingerprint density at radius 3 is 2.68 bits per heavy atom. The summed E-state index contributed by atoms with van der Waals surface area (Å²) < 4.78 is 15.1. The van der Waals surface area contributed by atoms with Crippen LogP contribution < -0.4 is 5.32 Å². The van der Waals surface area contributed by atoms with Gasteiger partial charge in [-0.25, -0.2) is 19.5 Å². The van der Waals surface area contributed by atoms with Crippen LogP contribution in [0.3, 0.4) is 0 Å². The van der Waals surface area contributed by atoms with Gasteiger partial charge in [0.25, 0.3) is 0 Å². The van der Waals surface area contributed by atoms with Gasteiger partial charge in [-0.05, 0) is 58.6 Å². The standard InChI is InChI=1S/C25H33N7O2/c1-16(2)32-17(3)28-24-22(32)13-18(14-26-24)21-9-10-31-23(21)15-27-25(30-31)29-19-5-7-20(8-6-19)34-12-11-33-4/h9-10,13-16,19-20H,5-8,11-12H2,1-4H3,(H,29,30)/t19-,20-. The minimum absolute atomic E-state index is 0.316. The van der Waals surface area contributed by atoms with E-state index in [0.29, 0.717) is 37.3 Å². The van der Waals surface area contributed by atoms with E-state index in [2.05, 4.69) is 50.8 Å². The van der Waals surface area contributed by atoms with Crippen molar-refractivity contribution in [1.29, 1.82) is 0 Å². The second kappa shape index (κ2) is 9.68. The molecule has 34 heavy (non-hydrogen) atoms. The van der Waals surface area contributed by atoms with Gasteiger partial charge < -0.3 is 19.4 Å². The Morgan fingerprint density at radius 2 is 1.91 bits per heavy atom. The van der Waals surface area contributed by atoms with Crippen LogP contribution in [0.5, 0.6) is 0 Å². The Balaban J connectivity index is 1.31. The Hall–Kier alpha value is -3.04. The van der Waals surface area contributed by atoms with E-state index in [-0.39, 0.29) is 0 Å². The summed E-state index contributed by atoms with van der Waals surface area (Å²) in [6.45, 7) is 7.67. The summed E-state index contributed by atoms with van der Waals surface area (Å²) in [5.74, 6) is 1.63. The van der Waals surface area contributed by atoms with Gasteiger partial charge in [0, 0.05) is 42.7 Å². The topological polar surface area (TPSA) is 91.4 Å². The van der Waals surface area contributed by atoms with Crippen molar-refractivity contribution in [3.63, 3.8) is 0 Å². The number of rotatable bonds is 8. The molecule has 0 atom stereocenters. The van der Waals surface area contributed by atoms with E-state index < -0.39 is 0 Å². The fraction of sp³-hybridized carbons (Fsp3) is 0.520. The molecule has 1 saturated carbocycles. The predicted molar refractivity (Wildman–Crippen MR) is 132 cm³/mol. The molecular formula is C25H33N7O2. The highest BCUT2D eigenvalue weighted by atomic mass is 16.5. The van der Waals surface area contributed by atoms with E-state index >= 15 is 0 Å². The fourth-order valence-corrected chi connectivity index (χ4v) is 4.95. The average molecular weight is 464 g/mol. The number of methoxy groups -OCH3 is 1. The summed E-state index contributed by atoms with van der Waals surface area (Å²) in [7, 11) is 1.70. The van der Waals surface area contributed by atoms with E-state index in [1.807, 2.05) is 30.0 Å². The smallest absolute Gasteiger partial charge is 0.241 e. The Kier molecular flexibility index (Phi) is 6.47. The van der Waals surface area contributed by atoms with E-state index in [4.69, 9.17) is 14.6 Å². The van der Waals surface area contributed by atoms with E-state index in [1.165, 1.54) is 0 Å². The SMILES string of the molecule is COCCO[C@H]1CC[C@H](Nc2ncc3c(-c4cnc5nc(C)n(C(C)C)c5c4)ccn3n2)CC1. The van der Waals surface area contributed by atoms with Gasteiger partial charge in [0.15, 0.2) is 5.65 Å². The number of ether oxygens (including phenoxy) is 2. The molecule has 0 saturated heterocycles. The number of fused-ring (bicyclic) bond motifs is 2. The minimum Gasteiger partial charge on any atom is -0.382 e. The number of nitrogens with one attached hydrogen (secondary N) is 1. The molecule has 0 aromatic carbocycles. The first-order chi connectivity index (χ1) is 16.5. The maximum Gasteiger partial charge on any atom is 0.241 e. The van der Waals surface area contributed by atoms with Crippen molar-refractivity contribution in [2.45, 2.75) is 64.6 Å². The molecule has 0 spiro atoms. The molecule has 5 rings (SSSR count). The highest BCUT2D eigenvalue weighted by molar-refractivity contribution is 5.85. The normalized spacial score (nSPS) is 18.9. The van der Waals surface area contributed by atoms with Crippen molar-refractivity contribution in [2.75, 3.05) is 25.6 Å². The lowest BCUT2D eigenvalue weighted by molar-refractivity contribution is -0.00158. The number of hydrogen-bond donors (Lipinski definition) is 1. The minimum atomic E-state index is 0.316. The Bertz CT molecular complexity index is 1270. The molecule has 4 heterocycles. The van der Waals surface area contributed by atoms with Crippen molar-refractivity contribution in [2.24, 2.45) is 0 Å². The average Bonchev–Trinajstić information content (AvgIpc) is 3.39. The van der Waals surface area contributed by atoms with Crippen LogP contribution in [0.15, 0.2) is 30.7 Å². The number of hydrogen-bond acceptors (Lipinski definition) is 7. The van der Waals surface area contributed by atoms with Crippen LogP contribution in [-0.4, -0.2) is 61.6 Å². The Morgan fingerprint density at radius 1 is 1.09 bits per heavy atom. The second-order valence-corrected chi connectivity index (χ2v) is 9.31. The summed E-state index contributed by atoms with van der Waals surface area (Å²) >= 11 is 0. The first-order valence-electron chi connectivity index (χ1n) is 12.1. The predicted octanol–water partition coefficient (Wildman–Crippen LogP) is 4.42. The van der Waals surface area contributed by atoms with Gasteiger partial charge in [0.1, 0.15) is 5.82 Å². The molecule has 9 nitrogen and oxygen atoms in total. The number of aromatic nitrogens is 6.